The van der Waals surface area contributed by atoms with Gasteiger partial charge in [0.2, 0.25) is 0 Å². The number of ether oxygens (including phenoxy) is 1. The van der Waals surface area contributed by atoms with Gasteiger partial charge in [-0.2, -0.15) is 0 Å². The fraction of sp³-hybridized carbons (Fsp3) is 0.600. The summed E-state index contributed by atoms with van der Waals surface area (Å²) < 4.78 is 5.50. The van der Waals surface area contributed by atoms with E-state index < -0.39 is 0 Å². The molecule has 5 heteroatoms. The summed E-state index contributed by atoms with van der Waals surface area (Å²) in [6, 6.07) is 3.62. The predicted molar refractivity (Wildman–Crippen MR) is 75.5 cm³/mol. The van der Waals surface area contributed by atoms with Crippen LogP contribution in [0.15, 0.2) is 24.5 Å². The molecule has 1 N–H and O–H groups in total. The van der Waals surface area contributed by atoms with Crippen LogP contribution in [0.25, 0.3) is 0 Å². The smallest absolute Gasteiger partial charge is 0.260 e. The number of carbonyl (C=O) groups is 1. The topological polar surface area (TPSA) is 54.5 Å². The Morgan fingerprint density at radius 3 is 3.20 bits per heavy atom. The van der Waals surface area contributed by atoms with Crippen LogP contribution >= 0.6 is 0 Å². The van der Waals surface area contributed by atoms with Gasteiger partial charge in [0.15, 0.2) is 6.61 Å². The van der Waals surface area contributed by atoms with E-state index in [1.165, 1.54) is 12.8 Å². The summed E-state index contributed by atoms with van der Waals surface area (Å²) in [5.74, 6) is 0.731. The van der Waals surface area contributed by atoms with Crippen LogP contribution in [-0.2, 0) is 4.79 Å². The van der Waals surface area contributed by atoms with Crippen LogP contribution < -0.4 is 10.1 Å². The van der Waals surface area contributed by atoms with Gasteiger partial charge >= 0.3 is 0 Å². The van der Waals surface area contributed by atoms with Crippen LogP contribution in [-0.4, -0.2) is 48.6 Å². The predicted octanol–water partition coefficient (Wildman–Crippen LogP) is 1.06. The van der Waals surface area contributed by atoms with Gasteiger partial charge in [0.05, 0.1) is 6.20 Å². The minimum absolute atomic E-state index is 0.0832. The Labute approximate surface area is 119 Å². The monoisotopic (exact) mass is 275 g/mol. The number of nitrogens with zero attached hydrogens (tertiary/aromatic N) is 2. The molecule has 3 rings (SSSR count). The van der Waals surface area contributed by atoms with Crippen LogP contribution in [0.1, 0.15) is 19.3 Å². The number of carbonyl (C=O) groups excluding carboxylic acids is 1. The number of aromatic nitrogens is 1. The quantitative estimate of drug-likeness (QED) is 0.896. The van der Waals surface area contributed by atoms with Crippen molar-refractivity contribution in [1.29, 1.82) is 0 Å². The van der Waals surface area contributed by atoms with Crippen LogP contribution in [0.2, 0.25) is 0 Å². The molecule has 1 aromatic rings. The molecule has 1 aromatic heterocycles. The first kappa shape index (κ1) is 13.4. The van der Waals surface area contributed by atoms with E-state index in [1.54, 1.807) is 18.5 Å². The van der Waals surface area contributed by atoms with Gasteiger partial charge < -0.3 is 15.0 Å². The summed E-state index contributed by atoms with van der Waals surface area (Å²) in [5.41, 5.74) is 0.308. The molecule has 5 nitrogen and oxygen atoms in total. The summed E-state index contributed by atoms with van der Waals surface area (Å²) in [5, 5.41) is 3.42. The Hall–Kier alpha value is -1.62. The molecule has 0 radical (unpaired) electrons. The molecule has 108 valence electrons. The number of hydrogen-bond acceptors (Lipinski definition) is 4. The Morgan fingerprint density at radius 1 is 1.50 bits per heavy atom. The van der Waals surface area contributed by atoms with Gasteiger partial charge in [-0.3, -0.25) is 9.78 Å². The number of amides is 1. The Morgan fingerprint density at radius 2 is 2.45 bits per heavy atom. The third-order valence-corrected chi connectivity index (χ3v) is 4.34. The third kappa shape index (κ3) is 2.93. The van der Waals surface area contributed by atoms with Gasteiger partial charge in [-0.25, -0.2) is 0 Å². The first-order valence-electron chi connectivity index (χ1n) is 7.29. The third-order valence-electron chi connectivity index (χ3n) is 4.34. The summed E-state index contributed by atoms with van der Waals surface area (Å²) in [7, 11) is 0. The van der Waals surface area contributed by atoms with Gasteiger partial charge in [0, 0.05) is 31.2 Å². The van der Waals surface area contributed by atoms with E-state index in [9.17, 15) is 4.79 Å². The fourth-order valence-corrected chi connectivity index (χ4v) is 3.23. The van der Waals surface area contributed by atoms with Crippen LogP contribution in [0.5, 0.6) is 5.75 Å². The summed E-state index contributed by atoms with van der Waals surface area (Å²) in [6.45, 7) is 3.95. The maximum Gasteiger partial charge on any atom is 0.260 e. The maximum atomic E-state index is 12.3. The molecule has 1 atom stereocenters. The summed E-state index contributed by atoms with van der Waals surface area (Å²) in [6.07, 6.45) is 6.83. The molecule has 2 saturated heterocycles. The summed E-state index contributed by atoms with van der Waals surface area (Å²) in [4.78, 5) is 18.2. The number of likely N-dealkylation sites (tertiary alicyclic amines) is 1. The molecule has 20 heavy (non-hydrogen) atoms. The number of rotatable bonds is 3. The molecule has 0 bridgehead atoms. The van der Waals surface area contributed by atoms with Crippen molar-refractivity contribution >= 4 is 5.91 Å². The molecule has 2 aliphatic rings. The van der Waals surface area contributed by atoms with Gasteiger partial charge in [-0.1, -0.05) is 0 Å². The first-order valence-corrected chi connectivity index (χ1v) is 7.29. The molecule has 0 unspecified atom stereocenters. The minimum Gasteiger partial charge on any atom is -0.482 e. The highest BCUT2D eigenvalue weighted by molar-refractivity contribution is 5.78. The molecule has 0 aromatic carbocycles. The lowest BCUT2D eigenvalue weighted by Crippen LogP contribution is -2.48. The fourth-order valence-electron chi connectivity index (χ4n) is 3.23. The van der Waals surface area contributed by atoms with Crippen molar-refractivity contribution in [3.8, 4) is 5.75 Å². The standard InChI is InChI=1S/C15H21N3O2/c19-14(10-20-13-3-1-6-16-9-13)18-8-2-4-15(12-18)5-7-17-11-15/h1,3,6,9,17H,2,4-5,7-8,10-12H2/t15-/m1/s1. The van der Waals surface area contributed by atoms with Gasteiger partial charge in [0.25, 0.3) is 5.91 Å². The van der Waals surface area contributed by atoms with Crippen molar-refractivity contribution < 1.29 is 9.53 Å². The zero-order valence-electron chi connectivity index (χ0n) is 11.7. The molecule has 2 aliphatic heterocycles. The van der Waals surface area contributed by atoms with Crippen molar-refractivity contribution in [2.75, 3.05) is 32.8 Å². The Bertz CT molecular complexity index is 457. The molecule has 0 saturated carbocycles. The number of nitrogens with one attached hydrogen (secondary N) is 1. The van der Waals surface area contributed by atoms with E-state index in [4.69, 9.17) is 4.74 Å². The van der Waals surface area contributed by atoms with E-state index in [1.807, 2.05) is 11.0 Å². The zero-order valence-corrected chi connectivity index (χ0v) is 11.7. The van der Waals surface area contributed by atoms with E-state index >= 15 is 0 Å². The molecule has 1 spiro atoms. The molecule has 0 aliphatic carbocycles. The van der Waals surface area contributed by atoms with Gasteiger partial charge in [-0.05, 0) is 37.9 Å². The maximum absolute atomic E-state index is 12.3. The molecule has 2 fully saturated rings. The molecular weight excluding hydrogens is 254 g/mol. The van der Waals surface area contributed by atoms with E-state index in [2.05, 4.69) is 10.3 Å². The van der Waals surface area contributed by atoms with Crippen LogP contribution in [0.4, 0.5) is 0 Å². The second-order valence-electron chi connectivity index (χ2n) is 5.82. The number of pyridine rings is 1. The molecular formula is C15H21N3O2. The van der Waals surface area contributed by atoms with E-state index in [0.29, 0.717) is 11.2 Å². The van der Waals surface area contributed by atoms with Crippen molar-refractivity contribution in [3.63, 3.8) is 0 Å². The number of piperidine rings is 1. The first-order chi connectivity index (χ1) is 9.77. The summed E-state index contributed by atoms with van der Waals surface area (Å²) >= 11 is 0. The highest BCUT2D eigenvalue weighted by Gasteiger charge is 2.39. The Balaban J connectivity index is 1.54. The van der Waals surface area contributed by atoms with Crippen molar-refractivity contribution in [3.05, 3.63) is 24.5 Å². The average molecular weight is 275 g/mol. The largest absolute Gasteiger partial charge is 0.482 e. The Kier molecular flexibility index (Phi) is 3.87. The van der Waals surface area contributed by atoms with Crippen LogP contribution in [0.3, 0.4) is 0 Å². The second kappa shape index (κ2) is 5.79. The lowest BCUT2D eigenvalue weighted by molar-refractivity contribution is -0.136. The normalized spacial score (nSPS) is 25.9. The van der Waals surface area contributed by atoms with Gasteiger partial charge in [-0.15, -0.1) is 0 Å². The second-order valence-corrected chi connectivity index (χ2v) is 5.82. The van der Waals surface area contributed by atoms with Crippen LogP contribution in [0, 0.1) is 5.41 Å². The zero-order chi connectivity index (χ0) is 13.8. The number of hydrogen-bond donors (Lipinski definition) is 1. The molecule has 3 heterocycles. The average Bonchev–Trinajstić information content (AvgIpc) is 2.93. The lowest BCUT2D eigenvalue weighted by atomic mass is 9.79. The van der Waals surface area contributed by atoms with Crippen molar-refractivity contribution in [2.24, 2.45) is 5.41 Å². The highest BCUT2D eigenvalue weighted by atomic mass is 16.5. The van der Waals surface area contributed by atoms with Crippen molar-refractivity contribution in [2.45, 2.75) is 19.3 Å². The van der Waals surface area contributed by atoms with Crippen molar-refractivity contribution in [1.82, 2.24) is 15.2 Å². The minimum atomic E-state index is 0.0832. The van der Waals surface area contributed by atoms with E-state index in [0.717, 1.165) is 32.6 Å². The van der Waals surface area contributed by atoms with E-state index in [-0.39, 0.29) is 12.5 Å². The lowest BCUT2D eigenvalue weighted by Gasteiger charge is -2.39. The highest BCUT2D eigenvalue weighted by Crippen LogP contribution is 2.35. The SMILES string of the molecule is O=C(COc1cccnc1)N1CCC[C@]2(CCNC2)C1. The molecule has 1 amide bonds. The van der Waals surface area contributed by atoms with Gasteiger partial charge in [0.1, 0.15) is 5.75 Å².